The van der Waals surface area contributed by atoms with Crippen LogP contribution in [0, 0.1) is 12.8 Å². The van der Waals surface area contributed by atoms with Crippen LogP contribution in [0.15, 0.2) is 26.2 Å². The second-order valence-corrected chi connectivity index (χ2v) is 8.16. The van der Waals surface area contributed by atoms with Crippen molar-refractivity contribution in [2.45, 2.75) is 18.2 Å². The molecule has 0 radical (unpaired) electrons. The number of nitrogens with zero attached hydrogens (tertiary/aromatic N) is 1. The lowest BCUT2D eigenvalue weighted by molar-refractivity contribution is 0.159. The van der Waals surface area contributed by atoms with E-state index in [1.807, 2.05) is 0 Å². The van der Waals surface area contributed by atoms with Crippen LogP contribution >= 0.6 is 0 Å². The summed E-state index contributed by atoms with van der Waals surface area (Å²) in [6.07, 6.45) is 0.955. The normalized spacial score (nSPS) is 19.0. The predicted octanol–water partition coefficient (Wildman–Crippen LogP) is 0.676. The lowest BCUT2D eigenvalue weighted by Gasteiger charge is -2.16. The van der Waals surface area contributed by atoms with Gasteiger partial charge in [-0.3, -0.25) is 4.98 Å². The first kappa shape index (κ1) is 18.1. The SMILES string of the molecule is COCCN1CC[C@@H](CNS(=O)(=O)c2cc3oc(=O)[nH]c3cc2C)C1. The van der Waals surface area contributed by atoms with Gasteiger partial charge in [0.15, 0.2) is 5.58 Å². The highest BCUT2D eigenvalue weighted by molar-refractivity contribution is 7.89. The van der Waals surface area contributed by atoms with Gasteiger partial charge in [0, 0.05) is 32.8 Å². The van der Waals surface area contributed by atoms with Gasteiger partial charge in [0.1, 0.15) is 0 Å². The second kappa shape index (κ2) is 7.28. The topological polar surface area (TPSA) is 105 Å². The number of hydrogen-bond donors (Lipinski definition) is 2. The minimum atomic E-state index is -3.66. The van der Waals surface area contributed by atoms with Gasteiger partial charge >= 0.3 is 5.76 Å². The fraction of sp³-hybridized carbons (Fsp3) is 0.562. The number of likely N-dealkylation sites (tertiary alicyclic amines) is 1. The molecule has 0 unspecified atom stereocenters. The highest BCUT2D eigenvalue weighted by Crippen LogP contribution is 2.22. The van der Waals surface area contributed by atoms with Crippen molar-refractivity contribution in [3.05, 3.63) is 28.2 Å². The van der Waals surface area contributed by atoms with Crippen molar-refractivity contribution < 1.29 is 17.6 Å². The van der Waals surface area contributed by atoms with Crippen LogP contribution in [-0.4, -0.2) is 58.2 Å². The van der Waals surface area contributed by atoms with Crippen molar-refractivity contribution in [1.29, 1.82) is 0 Å². The molecule has 138 valence electrons. The van der Waals surface area contributed by atoms with Crippen molar-refractivity contribution >= 4 is 21.1 Å². The Morgan fingerprint density at radius 3 is 3.00 bits per heavy atom. The molecular formula is C16H23N3O5S. The Morgan fingerprint density at radius 2 is 2.24 bits per heavy atom. The zero-order valence-corrected chi connectivity index (χ0v) is 15.2. The summed E-state index contributed by atoms with van der Waals surface area (Å²) in [7, 11) is -1.99. The van der Waals surface area contributed by atoms with Crippen LogP contribution in [0.25, 0.3) is 11.1 Å². The molecule has 2 heterocycles. The van der Waals surface area contributed by atoms with Gasteiger partial charge in [-0.05, 0) is 37.4 Å². The molecule has 1 aromatic carbocycles. The molecule has 1 aliphatic rings. The van der Waals surface area contributed by atoms with Gasteiger partial charge in [-0.1, -0.05) is 0 Å². The molecule has 1 fully saturated rings. The number of aryl methyl sites for hydroxylation is 1. The largest absolute Gasteiger partial charge is 0.417 e. The molecule has 1 saturated heterocycles. The fourth-order valence-corrected chi connectivity index (χ4v) is 4.54. The summed E-state index contributed by atoms with van der Waals surface area (Å²) < 4.78 is 38.0. The van der Waals surface area contributed by atoms with E-state index in [-0.39, 0.29) is 16.4 Å². The standard InChI is InChI=1S/C16H23N3O5S/c1-11-7-13-14(24-16(20)18-13)8-15(11)25(21,22)17-9-12-3-4-19(10-12)5-6-23-2/h7-8,12,17H,3-6,9-10H2,1-2H3,(H,18,20)/t12-/m0/s1. The smallest absolute Gasteiger partial charge is 0.408 e. The maximum absolute atomic E-state index is 12.6. The molecule has 0 aliphatic carbocycles. The number of aromatic nitrogens is 1. The summed E-state index contributed by atoms with van der Waals surface area (Å²) in [4.78, 5) is 16.2. The number of nitrogens with one attached hydrogen (secondary N) is 2. The minimum Gasteiger partial charge on any atom is -0.408 e. The van der Waals surface area contributed by atoms with Crippen LogP contribution < -0.4 is 10.5 Å². The number of hydrogen-bond acceptors (Lipinski definition) is 6. The van der Waals surface area contributed by atoms with Gasteiger partial charge in [0.05, 0.1) is 17.0 Å². The van der Waals surface area contributed by atoms with Crippen LogP contribution in [0.4, 0.5) is 0 Å². The molecule has 8 nitrogen and oxygen atoms in total. The van der Waals surface area contributed by atoms with E-state index in [4.69, 9.17) is 9.15 Å². The van der Waals surface area contributed by atoms with Gasteiger partial charge in [-0.25, -0.2) is 17.9 Å². The van der Waals surface area contributed by atoms with Gasteiger partial charge in [-0.2, -0.15) is 0 Å². The first-order valence-electron chi connectivity index (χ1n) is 8.23. The number of aromatic amines is 1. The van der Waals surface area contributed by atoms with Crippen LogP contribution in [0.5, 0.6) is 0 Å². The van der Waals surface area contributed by atoms with Gasteiger partial charge in [0.25, 0.3) is 0 Å². The monoisotopic (exact) mass is 369 g/mol. The number of benzene rings is 1. The third kappa shape index (κ3) is 4.12. The number of methoxy groups -OCH3 is 1. The number of rotatable bonds is 7. The first-order valence-corrected chi connectivity index (χ1v) is 9.72. The van der Waals surface area contributed by atoms with E-state index in [1.165, 1.54) is 6.07 Å². The Balaban J connectivity index is 1.68. The van der Waals surface area contributed by atoms with Crippen LogP contribution in [0.1, 0.15) is 12.0 Å². The van der Waals surface area contributed by atoms with Gasteiger partial charge < -0.3 is 14.1 Å². The molecule has 0 amide bonds. The molecule has 25 heavy (non-hydrogen) atoms. The predicted molar refractivity (Wildman–Crippen MR) is 93.2 cm³/mol. The summed E-state index contributed by atoms with van der Waals surface area (Å²) in [5.74, 6) is -0.320. The quantitative estimate of drug-likeness (QED) is 0.744. The second-order valence-electron chi connectivity index (χ2n) is 6.43. The molecule has 1 atom stereocenters. The van der Waals surface area contributed by atoms with E-state index in [1.54, 1.807) is 20.1 Å². The van der Waals surface area contributed by atoms with Crippen molar-refractivity contribution in [3.8, 4) is 0 Å². The van der Waals surface area contributed by atoms with Crippen molar-refractivity contribution in [1.82, 2.24) is 14.6 Å². The summed E-state index contributed by atoms with van der Waals surface area (Å²) in [6, 6.07) is 3.00. The van der Waals surface area contributed by atoms with Gasteiger partial charge in [-0.15, -0.1) is 0 Å². The van der Waals surface area contributed by atoms with Crippen LogP contribution in [0.2, 0.25) is 0 Å². The first-order chi connectivity index (χ1) is 11.9. The minimum absolute atomic E-state index is 0.136. The van der Waals surface area contributed by atoms with E-state index in [0.717, 1.165) is 26.1 Å². The van der Waals surface area contributed by atoms with E-state index in [9.17, 15) is 13.2 Å². The third-order valence-electron chi connectivity index (χ3n) is 4.55. The van der Waals surface area contributed by atoms with Crippen molar-refractivity contribution in [3.63, 3.8) is 0 Å². The van der Waals surface area contributed by atoms with E-state index >= 15 is 0 Å². The molecular weight excluding hydrogens is 346 g/mol. The molecule has 0 bridgehead atoms. The van der Waals surface area contributed by atoms with Crippen LogP contribution in [0.3, 0.4) is 0 Å². The maximum Gasteiger partial charge on any atom is 0.417 e. The zero-order valence-electron chi connectivity index (χ0n) is 14.4. The molecule has 0 spiro atoms. The lowest BCUT2D eigenvalue weighted by atomic mass is 10.1. The Hall–Kier alpha value is -1.68. The van der Waals surface area contributed by atoms with Gasteiger partial charge in [0.2, 0.25) is 10.0 Å². The zero-order chi connectivity index (χ0) is 18.0. The Kier molecular flexibility index (Phi) is 5.28. The molecule has 1 aromatic heterocycles. The van der Waals surface area contributed by atoms with Crippen LogP contribution in [-0.2, 0) is 14.8 Å². The average Bonchev–Trinajstić information content (AvgIpc) is 3.15. The van der Waals surface area contributed by atoms with E-state index < -0.39 is 15.8 Å². The number of fused-ring (bicyclic) bond motifs is 1. The lowest BCUT2D eigenvalue weighted by Crippen LogP contribution is -2.32. The molecule has 2 aromatic rings. The number of ether oxygens (including phenoxy) is 1. The summed E-state index contributed by atoms with van der Waals surface area (Å²) in [5, 5.41) is 0. The highest BCUT2D eigenvalue weighted by atomic mass is 32.2. The summed E-state index contributed by atoms with van der Waals surface area (Å²) in [6.45, 7) is 5.44. The maximum atomic E-state index is 12.6. The molecule has 2 N–H and O–H groups in total. The van der Waals surface area contributed by atoms with Crippen molar-refractivity contribution in [2.24, 2.45) is 5.92 Å². The number of H-pyrrole nitrogens is 1. The summed E-state index contributed by atoms with van der Waals surface area (Å²) in [5.41, 5.74) is 1.29. The number of oxazole rings is 1. The Labute approximate surface area is 146 Å². The molecule has 9 heteroatoms. The third-order valence-corrected chi connectivity index (χ3v) is 6.12. The summed E-state index contributed by atoms with van der Waals surface area (Å²) >= 11 is 0. The molecule has 1 aliphatic heterocycles. The van der Waals surface area contributed by atoms with E-state index in [0.29, 0.717) is 24.2 Å². The highest BCUT2D eigenvalue weighted by Gasteiger charge is 2.25. The Morgan fingerprint density at radius 1 is 1.44 bits per heavy atom. The number of sulfonamides is 1. The fourth-order valence-electron chi connectivity index (χ4n) is 3.18. The Bertz CT molecular complexity index is 902. The van der Waals surface area contributed by atoms with E-state index in [2.05, 4.69) is 14.6 Å². The molecule has 3 rings (SSSR count). The average molecular weight is 369 g/mol. The molecule has 0 saturated carbocycles. The van der Waals surface area contributed by atoms with Crippen molar-refractivity contribution in [2.75, 3.05) is 39.9 Å².